The zero-order valence-corrected chi connectivity index (χ0v) is 11.3. The van der Waals surface area contributed by atoms with Gasteiger partial charge in [0.2, 0.25) is 0 Å². The van der Waals surface area contributed by atoms with Gasteiger partial charge < -0.3 is 4.74 Å². The fourth-order valence-corrected chi connectivity index (χ4v) is 2.00. The molecule has 0 saturated heterocycles. The van der Waals surface area contributed by atoms with E-state index in [4.69, 9.17) is 11.2 Å². The highest BCUT2D eigenvalue weighted by molar-refractivity contribution is 5.78. The number of aliphatic imine (C=N–C) groups is 1. The van der Waals surface area contributed by atoms with Crippen LogP contribution < -0.4 is 0 Å². The second-order valence-electron chi connectivity index (χ2n) is 5.43. The quantitative estimate of drug-likeness (QED) is 0.461. The van der Waals surface area contributed by atoms with Crippen molar-refractivity contribution in [1.82, 2.24) is 0 Å². The third-order valence-corrected chi connectivity index (χ3v) is 2.98. The molecule has 0 aromatic rings. The van der Waals surface area contributed by atoms with E-state index in [0.29, 0.717) is 0 Å². The molecule has 0 amide bonds. The highest BCUT2D eigenvalue weighted by Gasteiger charge is 2.25. The molecule has 0 aromatic carbocycles. The van der Waals surface area contributed by atoms with Crippen molar-refractivity contribution in [1.29, 1.82) is 0 Å². The van der Waals surface area contributed by atoms with Crippen LogP contribution >= 0.6 is 0 Å². The van der Waals surface area contributed by atoms with Crippen molar-refractivity contribution >= 4 is 5.90 Å². The first-order valence-corrected chi connectivity index (χ1v) is 6.79. The topological polar surface area (TPSA) is 21.6 Å². The fourth-order valence-electron chi connectivity index (χ4n) is 2.00. The molecule has 0 aromatic heterocycles. The van der Waals surface area contributed by atoms with Crippen molar-refractivity contribution in [3.05, 3.63) is 0 Å². The normalized spacial score (nSPS) is 17.4. The van der Waals surface area contributed by atoms with Crippen molar-refractivity contribution < 1.29 is 4.74 Å². The van der Waals surface area contributed by atoms with E-state index in [9.17, 15) is 0 Å². The Labute approximate surface area is 106 Å². The van der Waals surface area contributed by atoms with Crippen LogP contribution in [0.25, 0.3) is 0 Å². The third-order valence-electron chi connectivity index (χ3n) is 2.98. The number of terminal acetylenes is 1. The van der Waals surface area contributed by atoms with Gasteiger partial charge in [0.05, 0.1) is 5.54 Å². The first-order valence-electron chi connectivity index (χ1n) is 6.79. The van der Waals surface area contributed by atoms with E-state index in [-0.39, 0.29) is 5.54 Å². The van der Waals surface area contributed by atoms with Gasteiger partial charge in [0.1, 0.15) is 6.61 Å². The lowest BCUT2D eigenvalue weighted by Crippen LogP contribution is -2.17. The monoisotopic (exact) mass is 235 g/mol. The first kappa shape index (κ1) is 14.1. The molecule has 0 radical (unpaired) electrons. The largest absolute Gasteiger partial charge is 0.478 e. The Morgan fingerprint density at radius 1 is 1.18 bits per heavy atom. The summed E-state index contributed by atoms with van der Waals surface area (Å²) in [6, 6.07) is 0. The minimum absolute atomic E-state index is 0.00452. The van der Waals surface area contributed by atoms with Crippen molar-refractivity contribution in [2.45, 2.75) is 70.8 Å². The summed E-state index contributed by atoms with van der Waals surface area (Å²) in [5.41, 5.74) is 0.00452. The average molecular weight is 235 g/mol. The van der Waals surface area contributed by atoms with Gasteiger partial charge in [-0.25, -0.2) is 4.99 Å². The van der Waals surface area contributed by atoms with Crippen LogP contribution in [0.1, 0.15) is 65.2 Å². The minimum atomic E-state index is 0.00452. The molecule has 2 nitrogen and oxygen atoms in total. The SMILES string of the molecule is C#CCCCCCCCCC1=NC(C)(C)CO1. The highest BCUT2D eigenvalue weighted by Crippen LogP contribution is 2.19. The van der Waals surface area contributed by atoms with Crippen molar-refractivity contribution in [3.8, 4) is 12.3 Å². The smallest absolute Gasteiger partial charge is 0.183 e. The Kier molecular flexibility index (Phi) is 6.11. The maximum atomic E-state index is 5.56. The van der Waals surface area contributed by atoms with Crippen LogP contribution in [-0.2, 0) is 4.74 Å². The Bertz CT molecular complexity index is 286. The van der Waals surface area contributed by atoms with E-state index in [1.807, 2.05) is 0 Å². The summed E-state index contributed by atoms with van der Waals surface area (Å²) in [4.78, 5) is 4.55. The summed E-state index contributed by atoms with van der Waals surface area (Å²) in [6.07, 6.45) is 14.7. The van der Waals surface area contributed by atoms with Crippen molar-refractivity contribution in [3.63, 3.8) is 0 Å². The number of unbranched alkanes of at least 4 members (excludes halogenated alkanes) is 6. The van der Waals surface area contributed by atoms with Crippen LogP contribution in [0.3, 0.4) is 0 Å². The Morgan fingerprint density at radius 2 is 1.82 bits per heavy atom. The summed E-state index contributed by atoms with van der Waals surface area (Å²) in [5.74, 6) is 3.64. The molecule has 1 aliphatic heterocycles. The van der Waals surface area contributed by atoms with Gasteiger partial charge in [-0.2, -0.15) is 0 Å². The second kappa shape index (κ2) is 7.37. The van der Waals surface area contributed by atoms with Crippen LogP contribution in [0.5, 0.6) is 0 Å². The van der Waals surface area contributed by atoms with Gasteiger partial charge in [0.25, 0.3) is 0 Å². The standard InChI is InChI=1S/C15H25NO/c1-4-5-6-7-8-9-10-11-12-14-16-15(2,3)13-17-14/h1H,5-13H2,2-3H3. The predicted molar refractivity (Wildman–Crippen MR) is 73.2 cm³/mol. The van der Waals surface area contributed by atoms with Gasteiger partial charge in [0.15, 0.2) is 5.90 Å². The summed E-state index contributed by atoms with van der Waals surface area (Å²) in [5, 5.41) is 0. The molecule has 0 atom stereocenters. The molecular weight excluding hydrogens is 210 g/mol. The Hall–Kier alpha value is -0.970. The fraction of sp³-hybridized carbons (Fsp3) is 0.800. The predicted octanol–water partition coefficient (Wildman–Crippen LogP) is 3.95. The molecule has 0 unspecified atom stereocenters. The Morgan fingerprint density at radius 3 is 2.41 bits per heavy atom. The lowest BCUT2D eigenvalue weighted by molar-refractivity contribution is 0.273. The zero-order valence-electron chi connectivity index (χ0n) is 11.3. The van der Waals surface area contributed by atoms with E-state index in [2.05, 4.69) is 24.8 Å². The van der Waals surface area contributed by atoms with E-state index in [1.54, 1.807) is 0 Å². The van der Waals surface area contributed by atoms with Gasteiger partial charge in [-0.1, -0.05) is 25.7 Å². The molecule has 0 bridgehead atoms. The van der Waals surface area contributed by atoms with Gasteiger partial charge in [-0.15, -0.1) is 12.3 Å². The summed E-state index contributed by atoms with van der Waals surface area (Å²) in [6.45, 7) is 4.98. The molecule has 0 aliphatic carbocycles. The van der Waals surface area contributed by atoms with E-state index < -0.39 is 0 Å². The molecule has 17 heavy (non-hydrogen) atoms. The maximum Gasteiger partial charge on any atom is 0.183 e. The molecule has 0 spiro atoms. The van der Waals surface area contributed by atoms with E-state index in [0.717, 1.165) is 25.3 Å². The van der Waals surface area contributed by atoms with E-state index >= 15 is 0 Å². The summed E-state index contributed by atoms with van der Waals surface area (Å²) < 4.78 is 5.56. The Balaban J connectivity index is 1.93. The maximum absolute atomic E-state index is 5.56. The second-order valence-corrected chi connectivity index (χ2v) is 5.43. The summed E-state index contributed by atoms with van der Waals surface area (Å²) >= 11 is 0. The highest BCUT2D eigenvalue weighted by atomic mass is 16.5. The number of rotatable bonds is 8. The molecule has 0 N–H and O–H groups in total. The average Bonchev–Trinajstić information content (AvgIpc) is 2.62. The molecule has 0 saturated carbocycles. The lowest BCUT2D eigenvalue weighted by Gasteiger charge is -2.07. The number of nitrogens with zero attached hydrogens (tertiary/aromatic N) is 1. The molecule has 1 rings (SSSR count). The van der Waals surface area contributed by atoms with Crippen LogP contribution in [-0.4, -0.2) is 18.0 Å². The summed E-state index contributed by atoms with van der Waals surface area (Å²) in [7, 11) is 0. The molecule has 2 heteroatoms. The zero-order chi connectivity index (χ0) is 12.6. The van der Waals surface area contributed by atoms with Crippen LogP contribution in [0.15, 0.2) is 4.99 Å². The van der Waals surface area contributed by atoms with Gasteiger partial charge in [-0.3, -0.25) is 0 Å². The van der Waals surface area contributed by atoms with Crippen LogP contribution in [0.4, 0.5) is 0 Å². The molecule has 1 aliphatic rings. The van der Waals surface area contributed by atoms with Crippen LogP contribution in [0.2, 0.25) is 0 Å². The first-order chi connectivity index (χ1) is 8.14. The van der Waals surface area contributed by atoms with Crippen LogP contribution in [0, 0.1) is 12.3 Å². The number of hydrogen-bond acceptors (Lipinski definition) is 2. The number of ether oxygens (including phenoxy) is 1. The molecule has 1 heterocycles. The van der Waals surface area contributed by atoms with Crippen molar-refractivity contribution in [2.75, 3.05) is 6.61 Å². The molecular formula is C15H25NO. The van der Waals surface area contributed by atoms with Gasteiger partial charge in [-0.05, 0) is 26.7 Å². The van der Waals surface area contributed by atoms with Gasteiger partial charge >= 0.3 is 0 Å². The minimum Gasteiger partial charge on any atom is -0.478 e. The number of hydrogen-bond donors (Lipinski definition) is 0. The van der Waals surface area contributed by atoms with E-state index in [1.165, 1.54) is 38.5 Å². The van der Waals surface area contributed by atoms with Gasteiger partial charge in [0, 0.05) is 12.8 Å². The molecule has 96 valence electrons. The molecule has 0 fully saturated rings. The lowest BCUT2D eigenvalue weighted by atomic mass is 10.1. The van der Waals surface area contributed by atoms with Crippen molar-refractivity contribution in [2.24, 2.45) is 4.99 Å². The third kappa shape index (κ3) is 6.36.